The van der Waals surface area contributed by atoms with Gasteiger partial charge in [-0.2, -0.15) is 0 Å². The predicted molar refractivity (Wildman–Crippen MR) is 86.1 cm³/mol. The molecule has 1 saturated heterocycles. The highest BCUT2D eigenvalue weighted by atomic mass is 16.6. The van der Waals surface area contributed by atoms with Gasteiger partial charge in [0, 0.05) is 38.6 Å². The van der Waals surface area contributed by atoms with E-state index < -0.39 is 5.60 Å². The molecular formula is C16H22N4O2. The number of nitrogens with zero attached hydrogens (tertiary/aromatic N) is 3. The van der Waals surface area contributed by atoms with Gasteiger partial charge in [0.2, 0.25) is 0 Å². The normalized spacial score (nSPS) is 16.1. The van der Waals surface area contributed by atoms with Gasteiger partial charge >= 0.3 is 6.09 Å². The number of anilines is 1. The first-order valence-corrected chi connectivity index (χ1v) is 7.59. The average molecular weight is 302 g/mol. The summed E-state index contributed by atoms with van der Waals surface area (Å²) in [4.78, 5) is 23.8. The van der Waals surface area contributed by atoms with Gasteiger partial charge in [0.15, 0.2) is 0 Å². The van der Waals surface area contributed by atoms with Crippen LogP contribution < -0.4 is 4.90 Å². The number of piperazine rings is 1. The Kier molecular flexibility index (Phi) is 3.68. The van der Waals surface area contributed by atoms with Crippen molar-refractivity contribution in [1.29, 1.82) is 0 Å². The molecule has 0 unspecified atom stereocenters. The van der Waals surface area contributed by atoms with Crippen LogP contribution >= 0.6 is 0 Å². The number of ether oxygens (including phenoxy) is 1. The maximum Gasteiger partial charge on any atom is 0.410 e. The quantitative estimate of drug-likeness (QED) is 0.879. The van der Waals surface area contributed by atoms with Crippen molar-refractivity contribution in [2.75, 3.05) is 31.1 Å². The Labute approximate surface area is 130 Å². The van der Waals surface area contributed by atoms with Crippen LogP contribution in [0.25, 0.3) is 11.0 Å². The van der Waals surface area contributed by atoms with Crippen LogP contribution in [0.4, 0.5) is 10.5 Å². The topological polar surface area (TPSA) is 61.5 Å². The molecule has 3 rings (SSSR count). The molecule has 0 spiro atoms. The molecule has 0 atom stereocenters. The molecule has 1 N–H and O–H groups in total. The number of aromatic nitrogens is 2. The zero-order valence-electron chi connectivity index (χ0n) is 13.3. The SMILES string of the molecule is CC(C)(C)OC(=O)N1CCN(c2c[nH]c3cccnc23)CC1. The van der Waals surface area contributed by atoms with E-state index in [-0.39, 0.29) is 6.09 Å². The molecule has 0 radical (unpaired) electrons. The smallest absolute Gasteiger partial charge is 0.410 e. The first kappa shape index (κ1) is 14.7. The Bertz CT molecular complexity index is 666. The minimum absolute atomic E-state index is 0.232. The predicted octanol–water partition coefficient (Wildman–Crippen LogP) is 2.62. The largest absolute Gasteiger partial charge is 0.444 e. The van der Waals surface area contributed by atoms with Gasteiger partial charge in [-0.3, -0.25) is 4.98 Å². The van der Waals surface area contributed by atoms with Crippen LogP contribution in [-0.4, -0.2) is 52.7 Å². The molecule has 0 aromatic carbocycles. The van der Waals surface area contributed by atoms with E-state index in [0.29, 0.717) is 13.1 Å². The molecule has 1 aliphatic rings. The molecule has 1 fully saturated rings. The van der Waals surface area contributed by atoms with Crippen molar-refractivity contribution in [3.05, 3.63) is 24.5 Å². The molecule has 6 nitrogen and oxygen atoms in total. The molecule has 1 aliphatic heterocycles. The Morgan fingerprint density at radius 3 is 2.68 bits per heavy atom. The number of carbonyl (C=O) groups excluding carboxylic acids is 1. The van der Waals surface area contributed by atoms with Crippen molar-refractivity contribution in [3.63, 3.8) is 0 Å². The number of pyridine rings is 1. The number of nitrogens with one attached hydrogen (secondary N) is 1. The number of amides is 1. The van der Waals surface area contributed by atoms with Crippen LogP contribution in [0.1, 0.15) is 20.8 Å². The van der Waals surface area contributed by atoms with Crippen LogP contribution in [-0.2, 0) is 4.74 Å². The van der Waals surface area contributed by atoms with Gasteiger partial charge in [-0.25, -0.2) is 4.79 Å². The van der Waals surface area contributed by atoms with E-state index in [9.17, 15) is 4.79 Å². The maximum atomic E-state index is 12.1. The molecule has 3 heterocycles. The third-order valence-electron chi connectivity index (χ3n) is 3.69. The highest BCUT2D eigenvalue weighted by Gasteiger charge is 2.26. The summed E-state index contributed by atoms with van der Waals surface area (Å²) >= 11 is 0. The van der Waals surface area contributed by atoms with Crippen molar-refractivity contribution in [2.45, 2.75) is 26.4 Å². The lowest BCUT2D eigenvalue weighted by Crippen LogP contribution is -2.50. The number of hydrogen-bond donors (Lipinski definition) is 1. The van der Waals surface area contributed by atoms with Gasteiger partial charge in [-0.05, 0) is 32.9 Å². The van der Waals surface area contributed by atoms with E-state index in [2.05, 4.69) is 14.9 Å². The van der Waals surface area contributed by atoms with E-state index in [1.807, 2.05) is 39.1 Å². The lowest BCUT2D eigenvalue weighted by Gasteiger charge is -2.36. The molecular weight excluding hydrogens is 280 g/mol. The van der Waals surface area contributed by atoms with Gasteiger partial charge in [-0.1, -0.05) is 0 Å². The number of carbonyl (C=O) groups is 1. The second-order valence-corrected chi connectivity index (χ2v) is 6.53. The van der Waals surface area contributed by atoms with Crippen LogP contribution in [0.15, 0.2) is 24.5 Å². The lowest BCUT2D eigenvalue weighted by atomic mass is 10.2. The second kappa shape index (κ2) is 5.51. The van der Waals surface area contributed by atoms with Crippen molar-refractivity contribution >= 4 is 22.8 Å². The second-order valence-electron chi connectivity index (χ2n) is 6.53. The molecule has 0 bridgehead atoms. The van der Waals surface area contributed by atoms with E-state index >= 15 is 0 Å². The highest BCUT2D eigenvalue weighted by molar-refractivity contribution is 5.89. The molecule has 22 heavy (non-hydrogen) atoms. The van der Waals surface area contributed by atoms with E-state index in [1.54, 1.807) is 11.1 Å². The summed E-state index contributed by atoms with van der Waals surface area (Å²) < 4.78 is 5.42. The summed E-state index contributed by atoms with van der Waals surface area (Å²) in [6.45, 7) is 8.55. The molecule has 118 valence electrons. The van der Waals surface area contributed by atoms with Crippen LogP contribution in [0.3, 0.4) is 0 Å². The first-order valence-electron chi connectivity index (χ1n) is 7.59. The fraction of sp³-hybridized carbons (Fsp3) is 0.500. The summed E-state index contributed by atoms with van der Waals surface area (Å²) in [5.74, 6) is 0. The van der Waals surface area contributed by atoms with Gasteiger partial charge in [0.25, 0.3) is 0 Å². The Hall–Kier alpha value is -2.24. The number of fused-ring (bicyclic) bond motifs is 1. The Balaban J connectivity index is 1.66. The summed E-state index contributed by atoms with van der Waals surface area (Å²) in [5.41, 5.74) is 2.66. The molecule has 2 aromatic rings. The average Bonchev–Trinajstić information content (AvgIpc) is 2.89. The van der Waals surface area contributed by atoms with Crippen LogP contribution in [0.2, 0.25) is 0 Å². The van der Waals surface area contributed by atoms with E-state index in [1.165, 1.54) is 0 Å². The van der Waals surface area contributed by atoms with Crippen molar-refractivity contribution in [3.8, 4) is 0 Å². The molecule has 1 amide bonds. The third-order valence-corrected chi connectivity index (χ3v) is 3.69. The minimum Gasteiger partial charge on any atom is -0.444 e. The summed E-state index contributed by atoms with van der Waals surface area (Å²) in [7, 11) is 0. The standard InChI is InChI=1S/C16H22N4O2/c1-16(2,3)22-15(21)20-9-7-19(8-10-20)13-11-18-12-5-4-6-17-14(12)13/h4-6,11,18H,7-10H2,1-3H3. The first-order chi connectivity index (χ1) is 10.4. The maximum absolute atomic E-state index is 12.1. The molecule has 0 saturated carbocycles. The number of aromatic amines is 1. The minimum atomic E-state index is -0.449. The third kappa shape index (κ3) is 3.00. The summed E-state index contributed by atoms with van der Waals surface area (Å²) in [5, 5.41) is 0. The van der Waals surface area contributed by atoms with Crippen LogP contribution in [0.5, 0.6) is 0 Å². The van der Waals surface area contributed by atoms with Gasteiger partial charge in [-0.15, -0.1) is 0 Å². The number of hydrogen-bond acceptors (Lipinski definition) is 4. The van der Waals surface area contributed by atoms with Crippen molar-refractivity contribution in [2.24, 2.45) is 0 Å². The van der Waals surface area contributed by atoms with Gasteiger partial charge in [0.1, 0.15) is 11.1 Å². The zero-order chi connectivity index (χ0) is 15.7. The van der Waals surface area contributed by atoms with Crippen LogP contribution in [0, 0.1) is 0 Å². The van der Waals surface area contributed by atoms with Gasteiger partial charge < -0.3 is 19.5 Å². The van der Waals surface area contributed by atoms with Gasteiger partial charge in [0.05, 0.1) is 11.2 Å². The fourth-order valence-electron chi connectivity index (χ4n) is 2.64. The lowest BCUT2D eigenvalue weighted by molar-refractivity contribution is 0.0241. The highest BCUT2D eigenvalue weighted by Crippen LogP contribution is 2.25. The fourth-order valence-corrected chi connectivity index (χ4v) is 2.64. The monoisotopic (exact) mass is 302 g/mol. The number of H-pyrrole nitrogens is 1. The number of rotatable bonds is 1. The summed E-state index contributed by atoms with van der Waals surface area (Å²) in [6.07, 6.45) is 3.56. The Morgan fingerprint density at radius 2 is 2.00 bits per heavy atom. The molecule has 0 aliphatic carbocycles. The van der Waals surface area contributed by atoms with Crippen molar-refractivity contribution in [1.82, 2.24) is 14.9 Å². The summed E-state index contributed by atoms with van der Waals surface area (Å²) in [6, 6.07) is 3.94. The Morgan fingerprint density at radius 1 is 1.27 bits per heavy atom. The zero-order valence-corrected chi connectivity index (χ0v) is 13.3. The van der Waals surface area contributed by atoms with E-state index in [4.69, 9.17) is 4.74 Å². The molecule has 6 heteroatoms. The van der Waals surface area contributed by atoms with E-state index in [0.717, 1.165) is 29.8 Å². The molecule has 2 aromatic heterocycles. The van der Waals surface area contributed by atoms with Crippen molar-refractivity contribution < 1.29 is 9.53 Å².